The van der Waals surface area contributed by atoms with Crippen LogP contribution >= 0.6 is 22.9 Å². The van der Waals surface area contributed by atoms with Gasteiger partial charge in [-0.25, -0.2) is 4.98 Å². The zero-order valence-corrected chi connectivity index (χ0v) is 17.4. The molecule has 0 spiro atoms. The number of rotatable bonds is 8. The Morgan fingerprint density at radius 2 is 2.19 bits per heavy atom. The molecule has 1 unspecified atom stereocenters. The number of nitrogens with one attached hydrogen (secondary N) is 1. The van der Waals surface area contributed by atoms with Gasteiger partial charge in [-0.15, -0.1) is 11.3 Å². The highest BCUT2D eigenvalue weighted by Gasteiger charge is 2.12. The maximum absolute atomic E-state index is 6.20. The predicted octanol–water partition coefficient (Wildman–Crippen LogP) is 4.14. The molecule has 0 fully saturated rings. The molecule has 1 heterocycles. The first-order valence-corrected chi connectivity index (χ1v) is 9.93. The summed E-state index contributed by atoms with van der Waals surface area (Å²) in [6.45, 7) is 3.55. The topological polar surface area (TPSA) is 49.8 Å². The van der Waals surface area contributed by atoms with Crippen LogP contribution in [-0.2, 0) is 17.7 Å². The molecule has 0 aliphatic carbocycles. The average Bonchev–Trinajstić information content (AvgIpc) is 3.10. The molecule has 7 heteroatoms. The molecule has 0 saturated heterocycles. The molecule has 0 saturated carbocycles. The molecule has 26 heavy (non-hydrogen) atoms. The van der Waals surface area contributed by atoms with E-state index in [4.69, 9.17) is 16.3 Å². The summed E-state index contributed by atoms with van der Waals surface area (Å²) in [5, 5.41) is 7.31. The number of guanidine groups is 1. The normalized spacial score (nSPS) is 12.9. The zero-order valence-electron chi connectivity index (χ0n) is 15.8. The highest BCUT2D eigenvalue weighted by atomic mass is 35.5. The number of ether oxygens (including phenoxy) is 1. The standard InChI is InChI=1S/C19H27ClN4OS/c1-14(25-4)18-23-16(13-26-18)12-24(3)19(21-2)22-11-7-9-15-8-5-6-10-17(15)20/h5-6,8,10,13-14H,7,9,11-12H2,1-4H3,(H,21,22). The fourth-order valence-electron chi connectivity index (χ4n) is 2.57. The second-order valence-corrected chi connectivity index (χ2v) is 7.38. The lowest BCUT2D eigenvalue weighted by atomic mass is 10.1. The minimum absolute atomic E-state index is 0.0290. The average molecular weight is 395 g/mol. The molecule has 2 aromatic rings. The lowest BCUT2D eigenvalue weighted by Crippen LogP contribution is -2.39. The molecular weight excluding hydrogens is 368 g/mol. The maximum atomic E-state index is 6.20. The molecule has 0 aliphatic rings. The summed E-state index contributed by atoms with van der Waals surface area (Å²) in [5.41, 5.74) is 2.21. The molecule has 0 radical (unpaired) electrons. The van der Waals surface area contributed by atoms with E-state index >= 15 is 0 Å². The van der Waals surface area contributed by atoms with Crippen molar-refractivity contribution in [2.75, 3.05) is 27.7 Å². The SMILES string of the molecule is CN=C(NCCCc1ccccc1Cl)N(C)Cc1csc(C(C)OC)n1. The van der Waals surface area contributed by atoms with E-state index in [1.807, 2.05) is 32.2 Å². The summed E-state index contributed by atoms with van der Waals surface area (Å²) in [4.78, 5) is 11.1. The molecule has 1 N–H and O–H groups in total. The Morgan fingerprint density at radius 1 is 1.42 bits per heavy atom. The highest BCUT2D eigenvalue weighted by molar-refractivity contribution is 7.09. The Bertz CT molecular complexity index is 719. The largest absolute Gasteiger partial charge is 0.375 e. The predicted molar refractivity (Wildman–Crippen MR) is 110 cm³/mol. The Kier molecular flexibility index (Phi) is 8.35. The van der Waals surface area contributed by atoms with E-state index in [9.17, 15) is 0 Å². The number of benzene rings is 1. The summed E-state index contributed by atoms with van der Waals surface area (Å²) in [7, 11) is 5.51. The summed E-state index contributed by atoms with van der Waals surface area (Å²) < 4.78 is 5.32. The fraction of sp³-hybridized carbons (Fsp3) is 0.474. The maximum Gasteiger partial charge on any atom is 0.193 e. The van der Waals surface area contributed by atoms with Crippen LogP contribution in [0, 0.1) is 0 Å². The summed E-state index contributed by atoms with van der Waals surface area (Å²) in [5.74, 6) is 0.860. The molecule has 1 atom stereocenters. The zero-order chi connectivity index (χ0) is 18.9. The van der Waals surface area contributed by atoms with Crippen LogP contribution in [-0.4, -0.2) is 43.6 Å². The number of hydrogen-bond acceptors (Lipinski definition) is 4. The fourth-order valence-corrected chi connectivity index (χ4v) is 3.64. The van der Waals surface area contributed by atoms with Crippen molar-refractivity contribution in [1.29, 1.82) is 0 Å². The lowest BCUT2D eigenvalue weighted by molar-refractivity contribution is 0.119. The number of hydrogen-bond donors (Lipinski definition) is 1. The number of methoxy groups -OCH3 is 1. The molecular formula is C19H27ClN4OS. The Morgan fingerprint density at radius 3 is 2.88 bits per heavy atom. The molecule has 0 bridgehead atoms. The number of aromatic nitrogens is 1. The van der Waals surface area contributed by atoms with Gasteiger partial charge in [-0.3, -0.25) is 4.99 Å². The van der Waals surface area contributed by atoms with E-state index in [2.05, 4.69) is 31.6 Å². The first kappa shape index (κ1) is 20.7. The van der Waals surface area contributed by atoms with Crippen LogP contribution in [0.4, 0.5) is 0 Å². The molecule has 142 valence electrons. The van der Waals surface area contributed by atoms with Gasteiger partial charge in [-0.2, -0.15) is 0 Å². The van der Waals surface area contributed by atoms with Crippen molar-refractivity contribution < 1.29 is 4.74 Å². The van der Waals surface area contributed by atoms with Gasteiger partial charge in [0.05, 0.1) is 12.2 Å². The number of aliphatic imine (C=N–C) groups is 1. The quantitative estimate of drug-likeness (QED) is 0.415. The van der Waals surface area contributed by atoms with Crippen molar-refractivity contribution in [3.63, 3.8) is 0 Å². The Labute approximate surface area is 165 Å². The van der Waals surface area contributed by atoms with Gasteiger partial charge in [-0.1, -0.05) is 29.8 Å². The number of halogens is 1. The monoisotopic (exact) mass is 394 g/mol. The molecule has 1 aromatic heterocycles. The summed E-state index contributed by atoms with van der Waals surface area (Å²) >= 11 is 7.83. The van der Waals surface area contributed by atoms with Gasteiger partial charge in [0.25, 0.3) is 0 Å². The van der Waals surface area contributed by atoms with E-state index in [-0.39, 0.29) is 6.10 Å². The van der Waals surface area contributed by atoms with Crippen LogP contribution in [0.1, 0.15) is 35.7 Å². The van der Waals surface area contributed by atoms with Crippen molar-refractivity contribution >= 4 is 28.9 Å². The summed E-state index contributed by atoms with van der Waals surface area (Å²) in [6.07, 6.45) is 1.96. The second kappa shape index (κ2) is 10.5. The minimum Gasteiger partial charge on any atom is -0.375 e. The first-order valence-electron chi connectivity index (χ1n) is 8.67. The molecule has 5 nitrogen and oxygen atoms in total. The van der Waals surface area contributed by atoms with Gasteiger partial charge in [0, 0.05) is 38.2 Å². The summed E-state index contributed by atoms with van der Waals surface area (Å²) in [6, 6.07) is 7.99. The van der Waals surface area contributed by atoms with E-state index in [0.29, 0.717) is 6.54 Å². The van der Waals surface area contributed by atoms with Crippen molar-refractivity contribution in [3.05, 3.63) is 50.9 Å². The van der Waals surface area contributed by atoms with Crippen LogP contribution in [0.3, 0.4) is 0 Å². The number of aryl methyl sites for hydroxylation is 1. The second-order valence-electron chi connectivity index (χ2n) is 6.08. The van der Waals surface area contributed by atoms with Gasteiger partial charge in [0.2, 0.25) is 0 Å². The first-order chi connectivity index (χ1) is 12.5. The third-order valence-electron chi connectivity index (χ3n) is 4.11. The third kappa shape index (κ3) is 5.97. The van der Waals surface area contributed by atoms with Crippen LogP contribution < -0.4 is 5.32 Å². The van der Waals surface area contributed by atoms with Crippen molar-refractivity contribution in [2.24, 2.45) is 4.99 Å². The van der Waals surface area contributed by atoms with Crippen molar-refractivity contribution in [2.45, 2.75) is 32.4 Å². The van der Waals surface area contributed by atoms with Gasteiger partial charge in [-0.05, 0) is 31.4 Å². The molecule has 2 rings (SSSR count). The minimum atomic E-state index is 0.0290. The number of nitrogens with zero attached hydrogens (tertiary/aromatic N) is 3. The van der Waals surface area contributed by atoms with E-state index in [1.54, 1.807) is 25.5 Å². The van der Waals surface area contributed by atoms with Crippen LogP contribution in [0.2, 0.25) is 5.02 Å². The van der Waals surface area contributed by atoms with Gasteiger partial charge in [0.1, 0.15) is 11.1 Å². The van der Waals surface area contributed by atoms with E-state index in [1.165, 1.54) is 5.56 Å². The molecule has 0 aliphatic heterocycles. The number of thiazole rings is 1. The third-order valence-corrected chi connectivity index (χ3v) is 5.53. The Hall–Kier alpha value is -1.63. The van der Waals surface area contributed by atoms with Crippen LogP contribution in [0.5, 0.6) is 0 Å². The van der Waals surface area contributed by atoms with Crippen LogP contribution in [0.15, 0.2) is 34.6 Å². The molecule has 1 aromatic carbocycles. The van der Waals surface area contributed by atoms with E-state index < -0.39 is 0 Å². The smallest absolute Gasteiger partial charge is 0.193 e. The highest BCUT2D eigenvalue weighted by Crippen LogP contribution is 2.21. The van der Waals surface area contributed by atoms with Gasteiger partial charge in [0.15, 0.2) is 5.96 Å². The van der Waals surface area contributed by atoms with Gasteiger partial charge < -0.3 is 15.0 Å². The van der Waals surface area contributed by atoms with E-state index in [0.717, 1.165) is 41.1 Å². The lowest BCUT2D eigenvalue weighted by Gasteiger charge is -2.21. The van der Waals surface area contributed by atoms with Gasteiger partial charge >= 0.3 is 0 Å². The van der Waals surface area contributed by atoms with Crippen molar-refractivity contribution in [1.82, 2.24) is 15.2 Å². The van der Waals surface area contributed by atoms with Crippen LogP contribution in [0.25, 0.3) is 0 Å². The van der Waals surface area contributed by atoms with Crippen molar-refractivity contribution in [3.8, 4) is 0 Å². The molecule has 0 amide bonds. The Balaban J connectivity index is 1.80.